The molecule has 0 fully saturated rings. The maximum absolute atomic E-state index is 12.7. The summed E-state index contributed by atoms with van der Waals surface area (Å²) in [7, 11) is 0. The van der Waals surface area contributed by atoms with Crippen molar-refractivity contribution in [3.8, 4) is 5.75 Å². The normalized spacial score (nSPS) is 14.0. The summed E-state index contributed by atoms with van der Waals surface area (Å²) < 4.78 is 0. The molecule has 0 aliphatic rings. The monoisotopic (exact) mass is 530 g/mol. The van der Waals surface area contributed by atoms with Crippen molar-refractivity contribution < 1.29 is 15.0 Å². The van der Waals surface area contributed by atoms with Crippen LogP contribution in [0.2, 0.25) is 0 Å². The Morgan fingerprint density at radius 3 is 1.42 bits per heavy atom. The van der Waals surface area contributed by atoms with Crippen LogP contribution in [0.3, 0.4) is 0 Å². The highest BCUT2D eigenvalue weighted by Crippen LogP contribution is 2.41. The van der Waals surface area contributed by atoms with E-state index in [4.69, 9.17) is 0 Å². The van der Waals surface area contributed by atoms with Crippen molar-refractivity contribution in [1.82, 2.24) is 0 Å². The van der Waals surface area contributed by atoms with Gasteiger partial charge in [0.15, 0.2) is 0 Å². The molecule has 0 aliphatic heterocycles. The van der Waals surface area contributed by atoms with Crippen LogP contribution in [-0.2, 0) is 22.0 Å². The van der Waals surface area contributed by atoms with E-state index in [0.29, 0.717) is 12.2 Å². The van der Waals surface area contributed by atoms with E-state index in [1.807, 2.05) is 0 Å². The van der Waals surface area contributed by atoms with Crippen molar-refractivity contribution in [2.45, 2.75) is 169 Å². The van der Waals surface area contributed by atoms with E-state index in [9.17, 15) is 15.0 Å². The zero-order valence-corrected chi connectivity index (χ0v) is 26.4. The first-order valence-corrected chi connectivity index (χ1v) is 15.9. The summed E-state index contributed by atoms with van der Waals surface area (Å²) in [6.45, 7) is 17.2. The number of aromatic hydroxyl groups is 1. The maximum Gasteiger partial charge on any atom is 0.307 e. The van der Waals surface area contributed by atoms with Crippen LogP contribution in [0.25, 0.3) is 0 Å². The smallest absolute Gasteiger partial charge is 0.307 e. The van der Waals surface area contributed by atoms with E-state index in [-0.39, 0.29) is 22.7 Å². The van der Waals surface area contributed by atoms with Crippen LogP contribution in [0, 0.1) is 11.8 Å². The van der Waals surface area contributed by atoms with Crippen LogP contribution >= 0.6 is 0 Å². The molecule has 0 heterocycles. The van der Waals surface area contributed by atoms with E-state index in [0.717, 1.165) is 42.4 Å². The zero-order valence-electron chi connectivity index (χ0n) is 26.4. The first-order chi connectivity index (χ1) is 17.8. The van der Waals surface area contributed by atoms with Crippen molar-refractivity contribution in [3.05, 3.63) is 28.8 Å². The Kier molecular flexibility index (Phi) is 15.7. The molecule has 1 rings (SSSR count). The van der Waals surface area contributed by atoms with Gasteiger partial charge in [-0.2, -0.15) is 0 Å². The van der Waals surface area contributed by atoms with Crippen LogP contribution in [0.1, 0.15) is 168 Å². The molecule has 0 radical (unpaired) electrons. The number of hydrogen-bond acceptors (Lipinski definition) is 2. The van der Waals surface area contributed by atoms with E-state index in [1.165, 1.54) is 70.6 Å². The number of carboxylic acids is 1. The van der Waals surface area contributed by atoms with Gasteiger partial charge in [0.1, 0.15) is 5.75 Å². The molecule has 2 unspecified atom stereocenters. The predicted molar refractivity (Wildman–Crippen MR) is 164 cm³/mol. The Labute approximate surface area is 236 Å². The summed E-state index contributed by atoms with van der Waals surface area (Å²) >= 11 is 0. The average Bonchev–Trinajstić information content (AvgIpc) is 2.82. The third kappa shape index (κ3) is 12.6. The topological polar surface area (TPSA) is 57.5 Å². The van der Waals surface area contributed by atoms with Crippen molar-refractivity contribution in [2.24, 2.45) is 11.8 Å². The third-order valence-corrected chi connectivity index (χ3v) is 8.23. The quantitative estimate of drug-likeness (QED) is 0.175. The van der Waals surface area contributed by atoms with Crippen LogP contribution < -0.4 is 0 Å². The van der Waals surface area contributed by atoms with Gasteiger partial charge in [-0.3, -0.25) is 4.79 Å². The zero-order chi connectivity index (χ0) is 28.8. The minimum atomic E-state index is -0.663. The molecule has 3 nitrogen and oxygen atoms in total. The second-order valence-electron chi connectivity index (χ2n) is 13.9. The van der Waals surface area contributed by atoms with Crippen molar-refractivity contribution in [1.29, 1.82) is 0 Å². The number of hydrogen-bond donors (Lipinski definition) is 2. The minimum Gasteiger partial charge on any atom is -0.507 e. The molecule has 2 N–H and O–H groups in total. The lowest BCUT2D eigenvalue weighted by Crippen LogP contribution is -2.27. The summed E-state index contributed by atoms with van der Waals surface area (Å²) in [6.07, 6.45) is 18.9. The Morgan fingerprint density at radius 2 is 1.05 bits per heavy atom. The Morgan fingerprint density at radius 1 is 0.684 bits per heavy atom. The molecule has 0 saturated carbocycles. The van der Waals surface area contributed by atoms with Crippen LogP contribution in [0.4, 0.5) is 0 Å². The summed E-state index contributed by atoms with van der Waals surface area (Å²) in [5.41, 5.74) is 2.46. The molecule has 3 heteroatoms. The highest BCUT2D eigenvalue weighted by molar-refractivity contribution is 5.71. The van der Waals surface area contributed by atoms with E-state index in [2.05, 4.69) is 67.5 Å². The summed E-state index contributed by atoms with van der Waals surface area (Å²) in [6, 6.07) is 4.15. The van der Waals surface area contributed by atoms with Gasteiger partial charge in [-0.05, 0) is 52.7 Å². The fourth-order valence-electron chi connectivity index (χ4n) is 5.76. The first kappa shape index (κ1) is 34.5. The number of rotatable bonds is 19. The van der Waals surface area contributed by atoms with Crippen molar-refractivity contribution in [3.63, 3.8) is 0 Å². The van der Waals surface area contributed by atoms with Crippen molar-refractivity contribution in [2.75, 3.05) is 0 Å². The molecule has 0 aliphatic carbocycles. The highest BCUT2D eigenvalue weighted by Gasteiger charge is 2.31. The molecule has 0 spiro atoms. The van der Waals surface area contributed by atoms with E-state index >= 15 is 0 Å². The number of carboxylic acid groups (broad SMARTS) is 1. The fraction of sp³-hybridized carbons (Fsp3) is 0.800. The lowest BCUT2D eigenvalue weighted by Gasteiger charge is -2.30. The maximum atomic E-state index is 12.7. The SMILES string of the molecule is CCCCCCCCCCCC(CCCCCC)C(Cc1cc(C(C)(C)C)c(O)c(C(C)(C)C)c1)C(=O)O. The molecule has 2 atom stereocenters. The van der Waals surface area contributed by atoms with E-state index in [1.54, 1.807) is 0 Å². The molecule has 220 valence electrons. The number of carbonyl (C=O) groups is 1. The second kappa shape index (κ2) is 17.2. The molecular weight excluding hydrogens is 468 g/mol. The standard InChI is InChI=1S/C35H62O3/c1-9-11-13-15-16-17-18-19-21-23-28(22-20-14-12-10-2)29(33(37)38)24-27-25-30(34(3,4)5)32(36)31(26-27)35(6,7)8/h25-26,28-29,36H,9-24H2,1-8H3,(H,37,38). The number of aliphatic carboxylic acids is 1. The number of unbranched alkanes of at least 4 members (excludes halogenated alkanes) is 11. The highest BCUT2D eigenvalue weighted by atomic mass is 16.4. The van der Waals surface area contributed by atoms with Gasteiger partial charge in [-0.15, -0.1) is 0 Å². The molecule has 38 heavy (non-hydrogen) atoms. The lowest BCUT2D eigenvalue weighted by atomic mass is 9.75. The molecule has 0 aromatic heterocycles. The van der Waals surface area contributed by atoms with Gasteiger partial charge in [0.25, 0.3) is 0 Å². The number of benzene rings is 1. The van der Waals surface area contributed by atoms with Crippen LogP contribution in [0.15, 0.2) is 12.1 Å². The fourth-order valence-corrected chi connectivity index (χ4v) is 5.76. The predicted octanol–water partition coefficient (Wildman–Crippen LogP) is 10.7. The Bertz CT molecular complexity index is 761. The molecule has 1 aromatic carbocycles. The average molecular weight is 531 g/mol. The van der Waals surface area contributed by atoms with Crippen LogP contribution in [-0.4, -0.2) is 16.2 Å². The Hall–Kier alpha value is -1.51. The number of phenolic OH excluding ortho intramolecular Hbond substituents is 1. The molecule has 0 saturated heterocycles. The Balaban J connectivity index is 3.04. The molecule has 0 amide bonds. The van der Waals surface area contributed by atoms with Crippen molar-refractivity contribution >= 4 is 5.97 Å². The molecular formula is C35H62O3. The summed E-state index contributed by atoms with van der Waals surface area (Å²) in [5.74, 6) is -0.467. The molecule has 0 bridgehead atoms. The second-order valence-corrected chi connectivity index (χ2v) is 13.9. The first-order valence-electron chi connectivity index (χ1n) is 15.9. The van der Waals surface area contributed by atoms with Gasteiger partial charge in [0.2, 0.25) is 0 Å². The minimum absolute atomic E-state index is 0.207. The summed E-state index contributed by atoms with van der Waals surface area (Å²) in [4.78, 5) is 12.7. The molecule has 1 aromatic rings. The van der Waals surface area contributed by atoms with Gasteiger partial charge in [0.05, 0.1) is 5.92 Å². The van der Waals surface area contributed by atoms with Gasteiger partial charge in [-0.25, -0.2) is 0 Å². The van der Waals surface area contributed by atoms with Gasteiger partial charge < -0.3 is 10.2 Å². The largest absolute Gasteiger partial charge is 0.507 e. The van der Waals surface area contributed by atoms with Gasteiger partial charge >= 0.3 is 5.97 Å². The van der Waals surface area contributed by atoms with Gasteiger partial charge in [0, 0.05) is 0 Å². The lowest BCUT2D eigenvalue weighted by molar-refractivity contribution is -0.144. The summed E-state index contributed by atoms with van der Waals surface area (Å²) in [5, 5.41) is 21.5. The van der Waals surface area contributed by atoms with Gasteiger partial charge in [-0.1, -0.05) is 151 Å². The third-order valence-electron chi connectivity index (χ3n) is 8.23. The van der Waals surface area contributed by atoms with E-state index < -0.39 is 5.97 Å². The number of phenols is 1. The van der Waals surface area contributed by atoms with Crippen LogP contribution in [0.5, 0.6) is 5.75 Å².